The molecule has 0 aliphatic carbocycles. The van der Waals surface area contributed by atoms with Gasteiger partial charge in [0, 0.05) is 13.0 Å². The van der Waals surface area contributed by atoms with Crippen molar-refractivity contribution >= 4 is 5.78 Å². The van der Waals surface area contributed by atoms with E-state index in [1.807, 2.05) is 0 Å². The first-order valence-corrected chi connectivity index (χ1v) is 4.70. The molecular weight excluding hydrogens is 199 g/mol. The van der Waals surface area contributed by atoms with Crippen LogP contribution < -0.4 is 4.74 Å². The van der Waals surface area contributed by atoms with Gasteiger partial charge in [0.1, 0.15) is 11.6 Å². The third-order valence-electron chi connectivity index (χ3n) is 1.89. The van der Waals surface area contributed by atoms with Gasteiger partial charge in [-0.15, -0.1) is 0 Å². The number of benzene rings is 1. The summed E-state index contributed by atoms with van der Waals surface area (Å²) in [5, 5.41) is 8.56. The lowest BCUT2D eigenvalue weighted by Crippen LogP contribution is -2.06. The van der Waals surface area contributed by atoms with E-state index in [9.17, 15) is 9.18 Å². The predicted octanol–water partition coefficient (Wildman–Crippen LogP) is 1.79. The highest BCUT2D eigenvalue weighted by Gasteiger charge is 2.13. The van der Waals surface area contributed by atoms with Crippen molar-refractivity contribution in [2.45, 2.75) is 13.3 Å². The van der Waals surface area contributed by atoms with E-state index in [2.05, 4.69) is 0 Å². The number of hydrogen-bond donors (Lipinski definition) is 1. The Morgan fingerprint density at radius 3 is 2.87 bits per heavy atom. The van der Waals surface area contributed by atoms with E-state index in [0.717, 1.165) is 0 Å². The van der Waals surface area contributed by atoms with Gasteiger partial charge in [0.25, 0.3) is 0 Å². The molecule has 0 spiro atoms. The lowest BCUT2D eigenvalue weighted by Gasteiger charge is -2.09. The van der Waals surface area contributed by atoms with Gasteiger partial charge in [-0.1, -0.05) is 6.07 Å². The van der Waals surface area contributed by atoms with Crippen LogP contribution in [-0.2, 0) is 0 Å². The molecule has 0 fully saturated rings. The van der Waals surface area contributed by atoms with Crippen molar-refractivity contribution in [2.24, 2.45) is 0 Å². The standard InChI is InChI=1S/C11H13FO3/c1-8(14)11-9(12)4-2-5-10(11)15-7-3-6-13/h2,4-5,13H,3,6-7H2,1H3. The second kappa shape index (κ2) is 5.46. The largest absolute Gasteiger partial charge is 0.493 e. The van der Waals surface area contributed by atoms with Crippen LogP contribution in [0.3, 0.4) is 0 Å². The summed E-state index contributed by atoms with van der Waals surface area (Å²) >= 11 is 0. The molecule has 4 heteroatoms. The average molecular weight is 212 g/mol. The molecule has 0 aliphatic heterocycles. The maximum Gasteiger partial charge on any atom is 0.166 e. The van der Waals surface area contributed by atoms with Crippen LogP contribution in [-0.4, -0.2) is 24.1 Å². The Labute approximate surface area is 87.5 Å². The Kier molecular flexibility index (Phi) is 4.24. The van der Waals surface area contributed by atoms with E-state index in [1.165, 1.54) is 25.1 Å². The zero-order valence-corrected chi connectivity index (χ0v) is 8.50. The lowest BCUT2D eigenvalue weighted by atomic mass is 10.1. The van der Waals surface area contributed by atoms with Gasteiger partial charge in [0.2, 0.25) is 0 Å². The molecule has 0 radical (unpaired) electrons. The minimum atomic E-state index is -0.580. The molecule has 0 aliphatic rings. The smallest absolute Gasteiger partial charge is 0.166 e. The summed E-state index contributed by atoms with van der Waals surface area (Å²) in [6.07, 6.45) is 0.452. The zero-order valence-electron chi connectivity index (χ0n) is 8.50. The highest BCUT2D eigenvalue weighted by Crippen LogP contribution is 2.21. The number of carbonyl (C=O) groups excluding carboxylic acids is 1. The second-order valence-electron chi connectivity index (χ2n) is 3.09. The van der Waals surface area contributed by atoms with Crippen LogP contribution in [0.1, 0.15) is 23.7 Å². The van der Waals surface area contributed by atoms with Crippen molar-refractivity contribution in [3.8, 4) is 5.75 Å². The van der Waals surface area contributed by atoms with E-state index >= 15 is 0 Å². The fourth-order valence-corrected chi connectivity index (χ4v) is 1.21. The average Bonchev–Trinajstić information content (AvgIpc) is 2.17. The first-order chi connectivity index (χ1) is 7.16. The van der Waals surface area contributed by atoms with Gasteiger partial charge in [0.05, 0.1) is 12.2 Å². The molecule has 82 valence electrons. The maximum absolute atomic E-state index is 13.3. The van der Waals surface area contributed by atoms with E-state index in [-0.39, 0.29) is 30.3 Å². The van der Waals surface area contributed by atoms with Crippen LogP contribution in [0.5, 0.6) is 5.75 Å². The topological polar surface area (TPSA) is 46.5 Å². The Morgan fingerprint density at radius 1 is 1.53 bits per heavy atom. The molecule has 0 heterocycles. The Morgan fingerprint density at radius 2 is 2.27 bits per heavy atom. The number of Topliss-reactive ketones (excluding diaryl/α,β-unsaturated/α-hetero) is 1. The van der Waals surface area contributed by atoms with Crippen LogP contribution in [0, 0.1) is 5.82 Å². The number of aliphatic hydroxyl groups is 1. The summed E-state index contributed by atoms with van der Waals surface area (Å²) in [7, 11) is 0. The van der Waals surface area contributed by atoms with Gasteiger partial charge in [-0.05, 0) is 19.1 Å². The Hall–Kier alpha value is -1.42. The molecule has 1 N–H and O–H groups in total. The van der Waals surface area contributed by atoms with Crippen LogP contribution >= 0.6 is 0 Å². The summed E-state index contributed by atoms with van der Waals surface area (Å²) in [5.74, 6) is -0.716. The highest BCUT2D eigenvalue weighted by molar-refractivity contribution is 5.97. The molecule has 1 aromatic rings. The van der Waals surface area contributed by atoms with E-state index < -0.39 is 5.82 Å². The van der Waals surface area contributed by atoms with Gasteiger partial charge < -0.3 is 9.84 Å². The van der Waals surface area contributed by atoms with E-state index in [1.54, 1.807) is 0 Å². The second-order valence-corrected chi connectivity index (χ2v) is 3.09. The lowest BCUT2D eigenvalue weighted by molar-refractivity contribution is 0.100. The molecule has 0 saturated heterocycles. The quantitative estimate of drug-likeness (QED) is 0.598. The first kappa shape index (κ1) is 11.7. The maximum atomic E-state index is 13.3. The number of halogens is 1. The minimum Gasteiger partial charge on any atom is -0.493 e. The molecule has 0 atom stereocenters. The third kappa shape index (κ3) is 3.02. The van der Waals surface area contributed by atoms with Crippen LogP contribution in [0.2, 0.25) is 0 Å². The van der Waals surface area contributed by atoms with E-state index in [0.29, 0.717) is 6.42 Å². The SMILES string of the molecule is CC(=O)c1c(F)cccc1OCCCO. The molecule has 1 rings (SSSR count). The van der Waals surface area contributed by atoms with Gasteiger partial charge in [-0.2, -0.15) is 0 Å². The van der Waals surface area contributed by atoms with Crippen LogP contribution in [0.4, 0.5) is 4.39 Å². The molecule has 1 aromatic carbocycles. The van der Waals surface area contributed by atoms with Gasteiger partial charge in [0.15, 0.2) is 5.78 Å². The monoisotopic (exact) mass is 212 g/mol. The highest BCUT2D eigenvalue weighted by atomic mass is 19.1. The summed E-state index contributed by atoms with van der Waals surface area (Å²) in [5.41, 5.74) is -0.0320. The third-order valence-corrected chi connectivity index (χ3v) is 1.89. The van der Waals surface area contributed by atoms with Crippen molar-refractivity contribution in [2.75, 3.05) is 13.2 Å². The van der Waals surface area contributed by atoms with Crippen LogP contribution in [0.15, 0.2) is 18.2 Å². The minimum absolute atomic E-state index is 0.00468. The van der Waals surface area contributed by atoms with Crippen molar-refractivity contribution < 1.29 is 19.0 Å². The van der Waals surface area contributed by atoms with Crippen LogP contribution in [0.25, 0.3) is 0 Å². The fourth-order valence-electron chi connectivity index (χ4n) is 1.21. The molecule has 0 aromatic heterocycles. The Bertz CT molecular complexity index is 350. The zero-order chi connectivity index (χ0) is 11.3. The van der Waals surface area contributed by atoms with Crippen molar-refractivity contribution in [3.63, 3.8) is 0 Å². The number of ether oxygens (including phenoxy) is 1. The predicted molar refractivity (Wildman–Crippen MR) is 53.6 cm³/mol. The molecule has 0 amide bonds. The number of ketones is 1. The summed E-state index contributed by atoms with van der Waals surface area (Å²) in [6, 6.07) is 4.24. The molecular formula is C11H13FO3. The normalized spacial score (nSPS) is 10.1. The number of carbonyl (C=O) groups is 1. The van der Waals surface area contributed by atoms with Gasteiger partial charge in [-0.3, -0.25) is 4.79 Å². The fraction of sp³-hybridized carbons (Fsp3) is 0.364. The Balaban J connectivity index is 2.86. The summed E-state index contributed by atoms with van der Waals surface area (Å²) < 4.78 is 18.5. The summed E-state index contributed by atoms with van der Waals surface area (Å²) in [6.45, 7) is 1.56. The number of aliphatic hydroxyl groups excluding tert-OH is 1. The van der Waals surface area contributed by atoms with E-state index in [4.69, 9.17) is 9.84 Å². The molecule has 15 heavy (non-hydrogen) atoms. The van der Waals surface area contributed by atoms with Crippen molar-refractivity contribution in [3.05, 3.63) is 29.6 Å². The van der Waals surface area contributed by atoms with Crippen molar-refractivity contribution in [1.29, 1.82) is 0 Å². The molecule has 0 saturated carbocycles. The molecule has 0 unspecified atom stereocenters. The van der Waals surface area contributed by atoms with Gasteiger partial charge in [-0.25, -0.2) is 4.39 Å². The van der Waals surface area contributed by atoms with Crippen molar-refractivity contribution in [1.82, 2.24) is 0 Å². The number of hydrogen-bond acceptors (Lipinski definition) is 3. The number of rotatable bonds is 5. The summed E-state index contributed by atoms with van der Waals surface area (Å²) in [4.78, 5) is 11.2. The molecule has 0 bridgehead atoms. The molecule has 3 nitrogen and oxygen atoms in total. The first-order valence-electron chi connectivity index (χ1n) is 4.70. The van der Waals surface area contributed by atoms with Gasteiger partial charge >= 0.3 is 0 Å².